The Labute approximate surface area is 167 Å². The van der Waals surface area contributed by atoms with E-state index in [1.54, 1.807) is 24.3 Å². The highest BCUT2D eigenvalue weighted by Crippen LogP contribution is 2.31. The molecular weight excluding hydrogens is 412 g/mol. The summed E-state index contributed by atoms with van der Waals surface area (Å²) in [4.78, 5) is 23.5. The average Bonchev–Trinajstić information content (AvgIpc) is 2.63. The van der Waals surface area contributed by atoms with Crippen molar-refractivity contribution < 1.29 is 19.1 Å². The molecule has 2 aromatic rings. The number of hydrazine groups is 1. The van der Waals surface area contributed by atoms with Gasteiger partial charge < -0.3 is 9.47 Å². The number of ether oxygens (including phenoxy) is 2. The molecule has 2 aromatic carbocycles. The molecule has 0 saturated heterocycles. The number of carbonyl (C=O) groups excluding carboxylic acids is 2. The second-order valence-corrected chi connectivity index (χ2v) is 7.74. The molecule has 0 aliphatic carbocycles. The maximum Gasteiger partial charge on any atom is 0.276 e. The van der Waals surface area contributed by atoms with Gasteiger partial charge in [0.15, 0.2) is 13.2 Å². The molecule has 7 heteroatoms. The van der Waals surface area contributed by atoms with Crippen LogP contribution in [-0.4, -0.2) is 25.0 Å². The Hall–Kier alpha value is -2.54. The Morgan fingerprint density at radius 2 is 1.52 bits per heavy atom. The number of benzene rings is 2. The van der Waals surface area contributed by atoms with Crippen LogP contribution in [0.15, 0.2) is 53.0 Å². The van der Waals surface area contributed by atoms with E-state index in [9.17, 15) is 9.59 Å². The van der Waals surface area contributed by atoms with Gasteiger partial charge in [-0.25, -0.2) is 0 Å². The summed E-state index contributed by atoms with van der Waals surface area (Å²) in [6.07, 6.45) is 0. The van der Waals surface area contributed by atoms with Crippen LogP contribution in [0.2, 0.25) is 0 Å². The zero-order valence-corrected chi connectivity index (χ0v) is 17.1. The lowest BCUT2D eigenvalue weighted by atomic mass is 9.87. The van der Waals surface area contributed by atoms with Crippen LogP contribution in [0.4, 0.5) is 0 Å². The van der Waals surface area contributed by atoms with Crippen LogP contribution < -0.4 is 20.3 Å². The summed E-state index contributed by atoms with van der Waals surface area (Å²) < 4.78 is 11.5. The largest absolute Gasteiger partial charge is 0.484 e. The SMILES string of the molecule is CC(C)(C)c1ccc(OCC(=O)NNC(=O)COc2ccccc2)c(Br)c1. The number of nitrogens with one attached hydrogen (secondary N) is 2. The number of hydrogen-bond donors (Lipinski definition) is 2. The molecule has 0 bridgehead atoms. The second kappa shape index (κ2) is 9.41. The van der Waals surface area contributed by atoms with Gasteiger partial charge in [-0.1, -0.05) is 45.0 Å². The van der Waals surface area contributed by atoms with Crippen LogP contribution in [0, 0.1) is 0 Å². The first-order chi connectivity index (χ1) is 12.8. The van der Waals surface area contributed by atoms with Crippen LogP contribution in [0.1, 0.15) is 26.3 Å². The van der Waals surface area contributed by atoms with Gasteiger partial charge in [-0.05, 0) is 51.2 Å². The van der Waals surface area contributed by atoms with Gasteiger partial charge in [0.2, 0.25) is 0 Å². The molecule has 0 spiro atoms. The summed E-state index contributed by atoms with van der Waals surface area (Å²) in [5, 5.41) is 0. The third kappa shape index (κ3) is 6.94. The number of amides is 2. The minimum atomic E-state index is -0.477. The zero-order valence-electron chi connectivity index (χ0n) is 15.5. The molecule has 6 nitrogen and oxygen atoms in total. The van der Waals surface area contributed by atoms with E-state index in [-0.39, 0.29) is 18.6 Å². The van der Waals surface area contributed by atoms with Crippen molar-refractivity contribution in [3.05, 3.63) is 58.6 Å². The average molecular weight is 435 g/mol. The number of rotatable bonds is 6. The molecule has 0 fully saturated rings. The first-order valence-electron chi connectivity index (χ1n) is 8.44. The van der Waals surface area contributed by atoms with Crippen molar-refractivity contribution in [1.82, 2.24) is 10.9 Å². The number of carbonyl (C=O) groups is 2. The molecular formula is C20H23BrN2O4. The van der Waals surface area contributed by atoms with Crippen LogP contribution in [0.25, 0.3) is 0 Å². The number of para-hydroxylation sites is 1. The monoisotopic (exact) mass is 434 g/mol. The smallest absolute Gasteiger partial charge is 0.276 e. The molecule has 27 heavy (non-hydrogen) atoms. The Bertz CT molecular complexity index is 788. The fourth-order valence-corrected chi connectivity index (χ4v) is 2.60. The van der Waals surface area contributed by atoms with E-state index in [0.717, 1.165) is 10.0 Å². The lowest BCUT2D eigenvalue weighted by molar-refractivity contribution is -0.131. The van der Waals surface area contributed by atoms with Gasteiger partial charge in [0.1, 0.15) is 11.5 Å². The zero-order chi connectivity index (χ0) is 19.9. The van der Waals surface area contributed by atoms with Gasteiger partial charge in [-0.3, -0.25) is 20.4 Å². The molecule has 0 aliphatic rings. The first-order valence-corrected chi connectivity index (χ1v) is 9.23. The van der Waals surface area contributed by atoms with Gasteiger partial charge in [-0.15, -0.1) is 0 Å². The van der Waals surface area contributed by atoms with Crippen LogP contribution in [-0.2, 0) is 15.0 Å². The van der Waals surface area contributed by atoms with E-state index in [1.807, 2.05) is 24.3 Å². The summed E-state index contributed by atoms with van der Waals surface area (Å²) >= 11 is 3.45. The predicted octanol–water partition coefficient (Wildman–Crippen LogP) is 3.35. The Kier molecular flexibility index (Phi) is 7.24. The lowest BCUT2D eigenvalue weighted by Gasteiger charge is -2.20. The fourth-order valence-electron chi connectivity index (χ4n) is 2.10. The second-order valence-electron chi connectivity index (χ2n) is 6.88. The molecule has 0 unspecified atom stereocenters. The van der Waals surface area contributed by atoms with Gasteiger partial charge >= 0.3 is 0 Å². The highest BCUT2D eigenvalue weighted by molar-refractivity contribution is 9.10. The Balaban J connectivity index is 1.74. The lowest BCUT2D eigenvalue weighted by Crippen LogP contribution is -2.45. The van der Waals surface area contributed by atoms with Crippen LogP contribution >= 0.6 is 15.9 Å². The topological polar surface area (TPSA) is 76.7 Å². The van der Waals surface area contributed by atoms with Crippen molar-refractivity contribution in [3.8, 4) is 11.5 Å². The van der Waals surface area contributed by atoms with Crippen molar-refractivity contribution >= 4 is 27.7 Å². The summed E-state index contributed by atoms with van der Waals surface area (Å²) in [5.74, 6) is 0.181. The van der Waals surface area contributed by atoms with Crippen LogP contribution in [0.5, 0.6) is 11.5 Å². The summed E-state index contributed by atoms with van der Waals surface area (Å²) in [6, 6.07) is 14.7. The fraction of sp³-hybridized carbons (Fsp3) is 0.300. The molecule has 2 amide bonds. The van der Waals surface area contributed by atoms with Crippen molar-refractivity contribution in [1.29, 1.82) is 0 Å². The van der Waals surface area contributed by atoms with E-state index in [0.29, 0.717) is 11.5 Å². The predicted molar refractivity (Wildman–Crippen MR) is 107 cm³/mol. The third-order valence-corrected chi connectivity index (χ3v) is 4.23. The van der Waals surface area contributed by atoms with E-state index in [2.05, 4.69) is 47.6 Å². The van der Waals surface area contributed by atoms with E-state index >= 15 is 0 Å². The normalized spacial score (nSPS) is 10.8. The van der Waals surface area contributed by atoms with Crippen molar-refractivity contribution in [2.75, 3.05) is 13.2 Å². The molecule has 0 radical (unpaired) electrons. The minimum Gasteiger partial charge on any atom is -0.484 e. The summed E-state index contributed by atoms with van der Waals surface area (Å²) in [5.41, 5.74) is 5.73. The van der Waals surface area contributed by atoms with Gasteiger partial charge in [0.05, 0.1) is 4.47 Å². The highest BCUT2D eigenvalue weighted by Gasteiger charge is 2.15. The molecule has 0 aliphatic heterocycles. The quantitative estimate of drug-likeness (QED) is 0.683. The molecule has 2 rings (SSSR count). The van der Waals surface area contributed by atoms with Gasteiger partial charge in [0, 0.05) is 0 Å². The first kappa shape index (κ1) is 20.8. The molecule has 144 valence electrons. The van der Waals surface area contributed by atoms with Gasteiger partial charge in [-0.2, -0.15) is 0 Å². The maximum absolute atomic E-state index is 11.8. The minimum absolute atomic E-state index is 0.0184. The van der Waals surface area contributed by atoms with E-state index in [4.69, 9.17) is 9.47 Å². The van der Waals surface area contributed by atoms with Crippen LogP contribution in [0.3, 0.4) is 0 Å². The van der Waals surface area contributed by atoms with E-state index < -0.39 is 11.8 Å². The number of hydrogen-bond acceptors (Lipinski definition) is 4. The van der Waals surface area contributed by atoms with Crippen molar-refractivity contribution in [2.24, 2.45) is 0 Å². The maximum atomic E-state index is 11.8. The molecule has 0 saturated carbocycles. The standard InChI is InChI=1S/C20H23BrN2O4/c1-20(2,3)14-9-10-17(16(21)11-14)27-13-19(25)23-22-18(24)12-26-15-7-5-4-6-8-15/h4-11H,12-13H2,1-3H3,(H,22,24)(H,23,25). The number of halogens is 1. The Morgan fingerprint density at radius 1 is 0.926 bits per heavy atom. The summed E-state index contributed by atoms with van der Waals surface area (Å²) in [6.45, 7) is 5.92. The molecule has 2 N–H and O–H groups in total. The summed E-state index contributed by atoms with van der Waals surface area (Å²) in [7, 11) is 0. The highest BCUT2D eigenvalue weighted by atomic mass is 79.9. The third-order valence-electron chi connectivity index (χ3n) is 3.61. The van der Waals surface area contributed by atoms with Crippen molar-refractivity contribution in [3.63, 3.8) is 0 Å². The van der Waals surface area contributed by atoms with Gasteiger partial charge in [0.25, 0.3) is 11.8 Å². The van der Waals surface area contributed by atoms with E-state index in [1.165, 1.54) is 0 Å². The molecule has 0 atom stereocenters. The Morgan fingerprint density at radius 3 is 2.07 bits per heavy atom. The molecule has 0 heterocycles. The molecule has 0 aromatic heterocycles. The van der Waals surface area contributed by atoms with Crippen molar-refractivity contribution in [2.45, 2.75) is 26.2 Å².